The van der Waals surface area contributed by atoms with Crippen molar-refractivity contribution in [3.8, 4) is 5.75 Å². The zero-order valence-electron chi connectivity index (χ0n) is 15.4. The van der Waals surface area contributed by atoms with E-state index in [1.165, 1.54) is 18.4 Å². The van der Waals surface area contributed by atoms with E-state index in [0.717, 1.165) is 29.9 Å². The average molecular weight is 420 g/mol. The van der Waals surface area contributed by atoms with Crippen LogP contribution in [0.25, 0.3) is 0 Å². The molecule has 2 aromatic rings. The van der Waals surface area contributed by atoms with Gasteiger partial charge in [0.1, 0.15) is 11.4 Å². The van der Waals surface area contributed by atoms with Crippen molar-refractivity contribution in [2.24, 2.45) is 0 Å². The van der Waals surface area contributed by atoms with Crippen molar-refractivity contribution >= 4 is 21.8 Å². The number of nitrogens with zero attached hydrogens (tertiary/aromatic N) is 2. The third-order valence-corrected chi connectivity index (χ3v) is 5.39. The van der Waals surface area contributed by atoms with Gasteiger partial charge in [0.2, 0.25) is 0 Å². The lowest BCUT2D eigenvalue weighted by atomic mass is 10.0. The molecule has 1 amide bonds. The van der Waals surface area contributed by atoms with Crippen LogP contribution in [-0.2, 0) is 6.54 Å². The number of methoxy groups -OCH3 is 1. The molecular formula is C20H26BrN3O2. The monoisotopic (exact) mass is 419 g/mol. The number of carbonyl (C=O) groups is 1. The van der Waals surface area contributed by atoms with E-state index in [2.05, 4.69) is 38.3 Å². The smallest absolute Gasteiger partial charge is 0.268 e. The molecule has 0 saturated carbocycles. The number of benzene rings is 1. The standard InChI is InChI=1S/C20H26BrN3O2/c1-3-23-14-16(21)12-18(23)20(25)22-13-19(24-9-4-5-10-24)15-7-6-8-17(11-15)26-2/h6-8,11-12,14,19H,3-5,9-10,13H2,1-2H3,(H,22,25). The van der Waals surface area contributed by atoms with Gasteiger partial charge in [0.25, 0.3) is 5.91 Å². The maximum atomic E-state index is 12.7. The molecule has 1 aromatic heterocycles. The first-order valence-electron chi connectivity index (χ1n) is 9.14. The summed E-state index contributed by atoms with van der Waals surface area (Å²) in [4.78, 5) is 15.2. The van der Waals surface area contributed by atoms with Gasteiger partial charge >= 0.3 is 0 Å². The first-order valence-corrected chi connectivity index (χ1v) is 9.93. The van der Waals surface area contributed by atoms with E-state index in [0.29, 0.717) is 12.2 Å². The Kier molecular flexibility index (Phi) is 6.38. The van der Waals surface area contributed by atoms with Crippen LogP contribution in [0.15, 0.2) is 41.0 Å². The number of rotatable bonds is 7. The third kappa shape index (κ3) is 4.30. The molecule has 0 bridgehead atoms. The summed E-state index contributed by atoms with van der Waals surface area (Å²) in [5.74, 6) is 0.812. The van der Waals surface area contributed by atoms with Gasteiger partial charge < -0.3 is 14.6 Å². The number of carbonyl (C=O) groups excluding carboxylic acids is 1. The minimum Gasteiger partial charge on any atom is -0.497 e. The second-order valence-corrected chi connectivity index (χ2v) is 7.49. The van der Waals surface area contributed by atoms with E-state index in [1.807, 2.05) is 35.9 Å². The molecule has 1 saturated heterocycles. The van der Waals surface area contributed by atoms with Crippen LogP contribution < -0.4 is 10.1 Å². The lowest BCUT2D eigenvalue weighted by Gasteiger charge is -2.28. The van der Waals surface area contributed by atoms with Crippen LogP contribution in [0.5, 0.6) is 5.75 Å². The average Bonchev–Trinajstić information content (AvgIpc) is 3.31. The fourth-order valence-corrected chi connectivity index (χ4v) is 4.03. The number of amides is 1. The van der Waals surface area contributed by atoms with Gasteiger partial charge in [0.05, 0.1) is 13.2 Å². The molecule has 26 heavy (non-hydrogen) atoms. The molecule has 5 nitrogen and oxygen atoms in total. The zero-order chi connectivity index (χ0) is 18.5. The van der Waals surface area contributed by atoms with Crippen molar-refractivity contribution in [3.05, 3.63) is 52.3 Å². The Balaban J connectivity index is 1.76. The number of ether oxygens (including phenoxy) is 1. The van der Waals surface area contributed by atoms with Gasteiger partial charge in [-0.2, -0.15) is 0 Å². The highest BCUT2D eigenvalue weighted by atomic mass is 79.9. The molecule has 1 atom stereocenters. The predicted molar refractivity (Wildman–Crippen MR) is 107 cm³/mol. The third-order valence-electron chi connectivity index (χ3n) is 4.95. The normalized spacial score (nSPS) is 15.8. The summed E-state index contributed by atoms with van der Waals surface area (Å²) >= 11 is 3.46. The number of halogens is 1. The summed E-state index contributed by atoms with van der Waals surface area (Å²) in [6.45, 7) is 5.51. The van der Waals surface area contributed by atoms with Gasteiger partial charge in [-0.15, -0.1) is 0 Å². The molecule has 0 aliphatic carbocycles. The maximum Gasteiger partial charge on any atom is 0.268 e. The second-order valence-electron chi connectivity index (χ2n) is 6.58. The van der Waals surface area contributed by atoms with Crippen molar-refractivity contribution in [2.45, 2.75) is 32.4 Å². The molecule has 1 aliphatic heterocycles. The molecule has 1 unspecified atom stereocenters. The summed E-state index contributed by atoms with van der Waals surface area (Å²) in [6, 6.07) is 10.2. The number of aryl methyl sites for hydroxylation is 1. The summed E-state index contributed by atoms with van der Waals surface area (Å²) in [5, 5.41) is 3.14. The number of aromatic nitrogens is 1. The highest BCUT2D eigenvalue weighted by Crippen LogP contribution is 2.27. The van der Waals surface area contributed by atoms with E-state index < -0.39 is 0 Å². The van der Waals surface area contributed by atoms with Gasteiger partial charge in [-0.05, 0) is 72.5 Å². The minimum atomic E-state index is -0.0374. The van der Waals surface area contributed by atoms with Crippen molar-refractivity contribution in [3.63, 3.8) is 0 Å². The van der Waals surface area contributed by atoms with Crippen molar-refractivity contribution in [1.29, 1.82) is 0 Å². The van der Waals surface area contributed by atoms with Crippen LogP contribution in [-0.4, -0.2) is 42.1 Å². The molecule has 6 heteroatoms. The largest absolute Gasteiger partial charge is 0.497 e. The first kappa shape index (κ1) is 19.0. The zero-order valence-corrected chi connectivity index (χ0v) is 17.0. The molecular weight excluding hydrogens is 394 g/mol. The maximum absolute atomic E-state index is 12.7. The van der Waals surface area contributed by atoms with Crippen LogP contribution >= 0.6 is 15.9 Å². The lowest BCUT2D eigenvalue weighted by molar-refractivity contribution is 0.0928. The summed E-state index contributed by atoms with van der Waals surface area (Å²) < 4.78 is 8.26. The molecule has 1 N–H and O–H groups in total. The first-order chi connectivity index (χ1) is 12.6. The highest BCUT2D eigenvalue weighted by Gasteiger charge is 2.25. The number of nitrogens with one attached hydrogen (secondary N) is 1. The van der Waals surface area contributed by atoms with E-state index in [4.69, 9.17) is 4.74 Å². The second kappa shape index (κ2) is 8.73. The Bertz CT molecular complexity index is 753. The molecule has 0 spiro atoms. The minimum absolute atomic E-state index is 0.0374. The van der Waals surface area contributed by atoms with E-state index in [1.54, 1.807) is 7.11 Å². The Labute approximate surface area is 163 Å². The molecule has 1 fully saturated rings. The van der Waals surface area contributed by atoms with Crippen LogP contribution in [0.3, 0.4) is 0 Å². The highest BCUT2D eigenvalue weighted by molar-refractivity contribution is 9.10. The lowest BCUT2D eigenvalue weighted by Crippen LogP contribution is -2.37. The van der Waals surface area contributed by atoms with Crippen LogP contribution in [0.1, 0.15) is 41.9 Å². The van der Waals surface area contributed by atoms with Gasteiger partial charge in [0.15, 0.2) is 0 Å². The van der Waals surface area contributed by atoms with Crippen LogP contribution in [0, 0.1) is 0 Å². The van der Waals surface area contributed by atoms with Crippen LogP contribution in [0.2, 0.25) is 0 Å². The van der Waals surface area contributed by atoms with E-state index >= 15 is 0 Å². The summed E-state index contributed by atoms with van der Waals surface area (Å²) in [7, 11) is 1.68. The van der Waals surface area contributed by atoms with Gasteiger partial charge in [-0.3, -0.25) is 9.69 Å². The fraction of sp³-hybridized carbons (Fsp3) is 0.450. The molecule has 0 radical (unpaired) electrons. The van der Waals surface area contributed by atoms with Crippen molar-refractivity contribution in [1.82, 2.24) is 14.8 Å². The Morgan fingerprint density at radius 3 is 2.77 bits per heavy atom. The van der Waals surface area contributed by atoms with E-state index in [-0.39, 0.29) is 11.9 Å². The van der Waals surface area contributed by atoms with Gasteiger partial charge in [-0.1, -0.05) is 12.1 Å². The topological polar surface area (TPSA) is 46.5 Å². The number of hydrogen-bond acceptors (Lipinski definition) is 3. The predicted octanol–water partition coefficient (Wildman–Crippen LogP) is 3.85. The van der Waals surface area contributed by atoms with Crippen molar-refractivity contribution < 1.29 is 9.53 Å². The summed E-state index contributed by atoms with van der Waals surface area (Å²) in [5.41, 5.74) is 1.86. The number of hydrogen-bond donors (Lipinski definition) is 1. The Morgan fingerprint density at radius 1 is 1.31 bits per heavy atom. The summed E-state index contributed by atoms with van der Waals surface area (Å²) in [6.07, 6.45) is 4.36. The van der Waals surface area contributed by atoms with Crippen LogP contribution in [0.4, 0.5) is 0 Å². The molecule has 3 rings (SSSR count). The Morgan fingerprint density at radius 2 is 2.08 bits per heavy atom. The quantitative estimate of drug-likeness (QED) is 0.741. The van der Waals surface area contributed by atoms with Gasteiger partial charge in [-0.25, -0.2) is 0 Å². The SMILES string of the molecule is CCn1cc(Br)cc1C(=O)NCC(c1cccc(OC)c1)N1CCCC1. The molecule has 140 valence electrons. The number of likely N-dealkylation sites (tertiary alicyclic amines) is 1. The van der Waals surface area contributed by atoms with Gasteiger partial charge in [0, 0.05) is 23.8 Å². The fourth-order valence-electron chi connectivity index (χ4n) is 3.57. The Hall–Kier alpha value is -1.79. The van der Waals surface area contributed by atoms with E-state index in [9.17, 15) is 4.79 Å². The molecule has 1 aromatic carbocycles. The van der Waals surface area contributed by atoms with Crippen molar-refractivity contribution in [2.75, 3.05) is 26.7 Å². The molecule has 2 heterocycles. The molecule has 1 aliphatic rings.